The van der Waals surface area contributed by atoms with Crippen LogP contribution in [0.25, 0.3) is 0 Å². The molecule has 2 aromatic carbocycles. The topological polar surface area (TPSA) is 29.3 Å². The number of benzene rings is 2. The van der Waals surface area contributed by atoms with Gasteiger partial charge in [-0.25, -0.2) is 8.78 Å². The summed E-state index contributed by atoms with van der Waals surface area (Å²) < 4.78 is 27.2. The molecule has 0 saturated heterocycles. The van der Waals surface area contributed by atoms with Crippen LogP contribution in [0.4, 0.5) is 20.2 Å². The fraction of sp³-hybridized carbons (Fsp3) is 0.200. The molecule has 0 aromatic heterocycles. The minimum atomic E-state index is -0.382. The number of fused-ring (bicyclic) bond motifs is 1. The van der Waals surface area contributed by atoms with Gasteiger partial charge in [0.2, 0.25) is 0 Å². The number of hydrogen-bond acceptors (Lipinski definition) is 2. The highest BCUT2D eigenvalue weighted by molar-refractivity contribution is 5.58. The van der Waals surface area contributed by atoms with Crippen molar-refractivity contribution in [3.63, 3.8) is 0 Å². The van der Waals surface area contributed by atoms with E-state index in [1.54, 1.807) is 18.2 Å². The third kappa shape index (κ3) is 2.14. The van der Waals surface area contributed by atoms with Gasteiger partial charge in [-0.15, -0.1) is 0 Å². The van der Waals surface area contributed by atoms with E-state index in [9.17, 15) is 8.78 Å². The minimum Gasteiger partial charge on any atom is -0.396 e. The maximum Gasteiger partial charge on any atom is 0.151 e. The van der Waals surface area contributed by atoms with Gasteiger partial charge in [0, 0.05) is 24.3 Å². The van der Waals surface area contributed by atoms with Crippen LogP contribution in [-0.4, -0.2) is 6.54 Å². The van der Waals surface area contributed by atoms with Gasteiger partial charge >= 0.3 is 0 Å². The summed E-state index contributed by atoms with van der Waals surface area (Å²) in [6.45, 7) is 1.18. The lowest BCUT2D eigenvalue weighted by atomic mass is 10.1. The first kappa shape index (κ1) is 12.0. The van der Waals surface area contributed by atoms with Crippen LogP contribution in [0.15, 0.2) is 36.4 Å². The zero-order chi connectivity index (χ0) is 13.4. The summed E-state index contributed by atoms with van der Waals surface area (Å²) in [5.74, 6) is -0.647. The van der Waals surface area contributed by atoms with Crippen LogP contribution in [0.5, 0.6) is 0 Å². The maximum atomic E-state index is 13.9. The maximum absolute atomic E-state index is 13.9. The van der Waals surface area contributed by atoms with Crippen LogP contribution in [0.3, 0.4) is 0 Å². The second-order valence-electron chi connectivity index (χ2n) is 4.76. The highest BCUT2D eigenvalue weighted by atomic mass is 19.1. The molecule has 0 spiro atoms. The molecule has 0 radical (unpaired) electrons. The molecule has 0 unspecified atom stereocenters. The molecule has 0 saturated carbocycles. The van der Waals surface area contributed by atoms with Crippen molar-refractivity contribution in [2.45, 2.75) is 13.0 Å². The molecule has 3 rings (SSSR count). The van der Waals surface area contributed by atoms with Gasteiger partial charge in [-0.1, -0.05) is 18.2 Å². The summed E-state index contributed by atoms with van der Waals surface area (Å²) in [4.78, 5) is 1.98. The van der Waals surface area contributed by atoms with E-state index in [4.69, 9.17) is 5.73 Å². The lowest BCUT2D eigenvalue weighted by Gasteiger charge is -2.20. The molecule has 0 aliphatic carbocycles. The number of nitrogens with two attached hydrogens (primary N) is 1. The SMILES string of the molecule is Nc1cccc(CN2CCc3ccc(F)cc32)c1F. The van der Waals surface area contributed by atoms with Crippen molar-refractivity contribution in [1.29, 1.82) is 0 Å². The van der Waals surface area contributed by atoms with Crippen molar-refractivity contribution in [3.8, 4) is 0 Å². The summed E-state index contributed by atoms with van der Waals surface area (Å²) in [7, 11) is 0. The van der Waals surface area contributed by atoms with Crippen LogP contribution in [-0.2, 0) is 13.0 Å². The average Bonchev–Trinajstić information content (AvgIpc) is 2.78. The molecule has 98 valence electrons. The highest BCUT2D eigenvalue weighted by Gasteiger charge is 2.20. The van der Waals surface area contributed by atoms with Gasteiger partial charge in [-0.3, -0.25) is 0 Å². The molecule has 1 aliphatic heterocycles. The molecular formula is C15H14F2N2. The molecular weight excluding hydrogens is 246 g/mol. The standard InChI is InChI=1S/C15H14F2N2/c16-12-5-4-10-6-7-19(14(10)8-12)9-11-2-1-3-13(18)15(11)17/h1-5,8H,6-7,9,18H2. The zero-order valence-corrected chi connectivity index (χ0v) is 10.4. The summed E-state index contributed by atoms with van der Waals surface area (Å²) in [6.07, 6.45) is 0.861. The lowest BCUT2D eigenvalue weighted by molar-refractivity contribution is 0.609. The Balaban J connectivity index is 1.90. The first-order valence-corrected chi connectivity index (χ1v) is 6.21. The molecule has 0 amide bonds. The third-order valence-electron chi connectivity index (χ3n) is 3.51. The molecule has 2 N–H and O–H groups in total. The van der Waals surface area contributed by atoms with E-state index in [-0.39, 0.29) is 17.3 Å². The molecule has 19 heavy (non-hydrogen) atoms. The van der Waals surface area contributed by atoms with Crippen molar-refractivity contribution >= 4 is 11.4 Å². The number of rotatable bonds is 2. The molecule has 1 heterocycles. The Morgan fingerprint density at radius 1 is 1.16 bits per heavy atom. The summed E-state index contributed by atoms with van der Waals surface area (Å²) in [6, 6.07) is 9.74. The molecule has 2 nitrogen and oxygen atoms in total. The Labute approximate surface area is 110 Å². The first-order chi connectivity index (χ1) is 9.15. The fourth-order valence-corrected chi connectivity index (χ4v) is 2.51. The van der Waals surface area contributed by atoms with Gasteiger partial charge in [0.25, 0.3) is 0 Å². The second-order valence-corrected chi connectivity index (χ2v) is 4.76. The Morgan fingerprint density at radius 2 is 2.00 bits per heavy atom. The summed E-state index contributed by atoms with van der Waals surface area (Å²) in [5.41, 5.74) is 8.20. The molecule has 1 aliphatic rings. The quantitative estimate of drug-likeness (QED) is 0.841. The predicted octanol–water partition coefficient (Wildman–Crippen LogP) is 3.11. The number of hydrogen-bond donors (Lipinski definition) is 1. The minimum absolute atomic E-state index is 0.149. The second kappa shape index (κ2) is 4.53. The third-order valence-corrected chi connectivity index (χ3v) is 3.51. The molecule has 4 heteroatoms. The van der Waals surface area contributed by atoms with Gasteiger partial charge in [-0.05, 0) is 30.2 Å². The molecule has 0 fully saturated rings. The van der Waals surface area contributed by atoms with Crippen LogP contribution < -0.4 is 10.6 Å². The summed E-state index contributed by atoms with van der Waals surface area (Å²) in [5, 5.41) is 0. The van der Waals surface area contributed by atoms with E-state index in [1.807, 2.05) is 4.90 Å². The van der Waals surface area contributed by atoms with Gasteiger partial charge in [0.15, 0.2) is 5.82 Å². The van der Waals surface area contributed by atoms with Crippen molar-refractivity contribution in [2.24, 2.45) is 0 Å². The van der Waals surface area contributed by atoms with E-state index in [0.717, 1.165) is 24.2 Å². The Kier molecular flexibility index (Phi) is 2.85. The molecule has 2 aromatic rings. The van der Waals surface area contributed by atoms with Crippen LogP contribution in [0, 0.1) is 11.6 Å². The fourth-order valence-electron chi connectivity index (χ4n) is 2.51. The average molecular weight is 260 g/mol. The lowest BCUT2D eigenvalue weighted by Crippen LogP contribution is -2.20. The van der Waals surface area contributed by atoms with Gasteiger partial charge < -0.3 is 10.6 Å². The first-order valence-electron chi connectivity index (χ1n) is 6.21. The number of anilines is 2. The monoisotopic (exact) mass is 260 g/mol. The van der Waals surface area contributed by atoms with Gasteiger partial charge in [-0.2, -0.15) is 0 Å². The summed E-state index contributed by atoms with van der Waals surface area (Å²) >= 11 is 0. The van der Waals surface area contributed by atoms with Crippen LogP contribution in [0.1, 0.15) is 11.1 Å². The van der Waals surface area contributed by atoms with E-state index < -0.39 is 0 Å². The molecule has 0 atom stereocenters. The zero-order valence-electron chi connectivity index (χ0n) is 10.4. The predicted molar refractivity (Wildman–Crippen MR) is 72.0 cm³/mol. The van der Waals surface area contributed by atoms with Gasteiger partial charge in [0.1, 0.15) is 5.82 Å². The Bertz CT molecular complexity index is 626. The van der Waals surface area contributed by atoms with Crippen LogP contribution >= 0.6 is 0 Å². The van der Waals surface area contributed by atoms with E-state index in [1.165, 1.54) is 18.2 Å². The van der Waals surface area contributed by atoms with Crippen LogP contribution in [0.2, 0.25) is 0 Å². The Morgan fingerprint density at radius 3 is 2.84 bits per heavy atom. The normalized spacial score (nSPS) is 13.7. The number of nitrogen functional groups attached to an aromatic ring is 1. The van der Waals surface area contributed by atoms with E-state index in [0.29, 0.717) is 12.1 Å². The highest BCUT2D eigenvalue weighted by Crippen LogP contribution is 2.30. The van der Waals surface area contributed by atoms with Crippen molar-refractivity contribution in [3.05, 3.63) is 59.2 Å². The molecule has 0 bridgehead atoms. The van der Waals surface area contributed by atoms with Crippen molar-refractivity contribution < 1.29 is 8.78 Å². The van der Waals surface area contributed by atoms with E-state index in [2.05, 4.69) is 0 Å². The largest absolute Gasteiger partial charge is 0.396 e. The number of halogens is 2. The number of nitrogens with zero attached hydrogens (tertiary/aromatic N) is 1. The van der Waals surface area contributed by atoms with E-state index >= 15 is 0 Å². The van der Waals surface area contributed by atoms with Crippen molar-refractivity contribution in [2.75, 3.05) is 17.2 Å². The Hall–Kier alpha value is -2.10. The smallest absolute Gasteiger partial charge is 0.151 e. The van der Waals surface area contributed by atoms with Crippen molar-refractivity contribution in [1.82, 2.24) is 0 Å². The van der Waals surface area contributed by atoms with Gasteiger partial charge in [0.05, 0.1) is 5.69 Å².